The number of rotatable bonds is 1. The molecule has 10 heavy (non-hydrogen) atoms. The van der Waals surface area contributed by atoms with Gasteiger partial charge in [-0.05, 0) is 6.42 Å². The Morgan fingerprint density at radius 1 is 1.60 bits per heavy atom. The van der Waals surface area contributed by atoms with Gasteiger partial charge < -0.3 is 4.74 Å². The summed E-state index contributed by atoms with van der Waals surface area (Å²) in [5, 5.41) is 13.6. The van der Waals surface area contributed by atoms with Crippen molar-refractivity contribution in [2.24, 2.45) is 0 Å². The largest absolute Gasteiger partial charge is 0.381 e. The lowest BCUT2D eigenvalue weighted by Crippen LogP contribution is -1.99. The van der Waals surface area contributed by atoms with Crippen LogP contribution in [0.4, 0.5) is 0 Å². The van der Waals surface area contributed by atoms with Gasteiger partial charge in [-0.15, -0.1) is 10.2 Å². The summed E-state index contributed by atoms with van der Waals surface area (Å²) in [6.45, 7) is 1.55. The first kappa shape index (κ1) is 5.79. The zero-order chi connectivity index (χ0) is 6.81. The molecule has 0 aliphatic carbocycles. The molecule has 1 saturated heterocycles. The first-order chi connectivity index (χ1) is 4.97. The summed E-state index contributed by atoms with van der Waals surface area (Å²) in [7, 11) is 0. The highest BCUT2D eigenvalue weighted by Crippen LogP contribution is 2.20. The molecule has 0 radical (unpaired) electrons. The van der Waals surface area contributed by atoms with E-state index in [-0.39, 0.29) is 0 Å². The van der Waals surface area contributed by atoms with E-state index in [2.05, 4.69) is 20.6 Å². The van der Waals surface area contributed by atoms with Crippen molar-refractivity contribution < 1.29 is 4.74 Å². The molecule has 0 bridgehead atoms. The average Bonchev–Trinajstić information content (AvgIpc) is 2.59. The summed E-state index contributed by atoms with van der Waals surface area (Å²) in [5.74, 6) is 1.14. The van der Waals surface area contributed by atoms with Crippen LogP contribution in [-0.4, -0.2) is 33.8 Å². The van der Waals surface area contributed by atoms with E-state index in [1.807, 2.05) is 0 Å². The maximum atomic E-state index is 5.16. The Labute approximate surface area is 57.8 Å². The molecular weight excluding hydrogens is 132 g/mol. The number of hydrogen-bond acceptors (Lipinski definition) is 4. The van der Waals surface area contributed by atoms with Gasteiger partial charge in [0.25, 0.3) is 0 Å². The van der Waals surface area contributed by atoms with Gasteiger partial charge in [0.15, 0.2) is 5.82 Å². The Bertz CT molecular complexity index is 191. The third-order valence-electron chi connectivity index (χ3n) is 1.66. The number of hydrogen-bond donors (Lipinski definition) is 1. The molecule has 5 nitrogen and oxygen atoms in total. The third-order valence-corrected chi connectivity index (χ3v) is 1.66. The van der Waals surface area contributed by atoms with Crippen LogP contribution in [0.25, 0.3) is 0 Å². The van der Waals surface area contributed by atoms with Crippen molar-refractivity contribution in [2.45, 2.75) is 12.3 Å². The molecule has 0 unspecified atom stereocenters. The molecule has 1 N–H and O–H groups in total. The van der Waals surface area contributed by atoms with Crippen molar-refractivity contribution in [1.29, 1.82) is 0 Å². The van der Waals surface area contributed by atoms with Crippen LogP contribution in [-0.2, 0) is 4.74 Å². The zero-order valence-electron chi connectivity index (χ0n) is 5.45. The second-order valence-electron chi connectivity index (χ2n) is 2.33. The molecule has 0 saturated carbocycles. The summed E-state index contributed by atoms with van der Waals surface area (Å²) >= 11 is 0. The second kappa shape index (κ2) is 2.34. The molecule has 1 aliphatic rings. The van der Waals surface area contributed by atoms with E-state index in [0.717, 1.165) is 25.5 Å². The first-order valence-corrected chi connectivity index (χ1v) is 3.28. The van der Waals surface area contributed by atoms with Crippen LogP contribution in [0, 0.1) is 0 Å². The molecule has 5 heteroatoms. The van der Waals surface area contributed by atoms with Gasteiger partial charge in [-0.3, -0.25) is 0 Å². The van der Waals surface area contributed by atoms with Crippen LogP contribution in [0.15, 0.2) is 0 Å². The number of ether oxygens (including phenoxy) is 1. The SMILES string of the molecule is C1C[C@H](c2nn[nH]n2)CO1. The fourth-order valence-electron chi connectivity index (χ4n) is 1.08. The summed E-state index contributed by atoms with van der Waals surface area (Å²) in [4.78, 5) is 0. The number of nitrogens with zero attached hydrogens (tertiary/aromatic N) is 3. The highest BCUT2D eigenvalue weighted by molar-refractivity contribution is 4.92. The maximum absolute atomic E-state index is 5.16. The second-order valence-corrected chi connectivity index (χ2v) is 2.33. The molecule has 1 aliphatic heterocycles. The standard InChI is InChI=1S/C5H8N4O/c1-2-10-3-4(1)5-6-8-9-7-5/h4H,1-3H2,(H,6,7,8,9)/t4-/m0/s1. The quantitative estimate of drug-likeness (QED) is 0.581. The van der Waals surface area contributed by atoms with E-state index < -0.39 is 0 Å². The van der Waals surface area contributed by atoms with Crippen molar-refractivity contribution in [3.05, 3.63) is 5.82 Å². The topological polar surface area (TPSA) is 63.7 Å². The van der Waals surface area contributed by atoms with E-state index in [1.54, 1.807) is 0 Å². The average molecular weight is 140 g/mol. The van der Waals surface area contributed by atoms with Gasteiger partial charge >= 0.3 is 0 Å². The van der Waals surface area contributed by atoms with E-state index in [9.17, 15) is 0 Å². The first-order valence-electron chi connectivity index (χ1n) is 3.28. The van der Waals surface area contributed by atoms with Crippen LogP contribution in [0.3, 0.4) is 0 Å². The van der Waals surface area contributed by atoms with E-state index in [4.69, 9.17) is 4.74 Å². The monoisotopic (exact) mass is 140 g/mol. The minimum atomic E-state index is 0.360. The Balaban J connectivity index is 2.12. The van der Waals surface area contributed by atoms with Crippen molar-refractivity contribution in [2.75, 3.05) is 13.2 Å². The molecule has 1 fully saturated rings. The van der Waals surface area contributed by atoms with Crippen LogP contribution in [0.1, 0.15) is 18.2 Å². The Kier molecular flexibility index (Phi) is 1.35. The van der Waals surface area contributed by atoms with Gasteiger partial charge in [-0.1, -0.05) is 5.21 Å². The summed E-state index contributed by atoms with van der Waals surface area (Å²) < 4.78 is 5.16. The highest BCUT2D eigenvalue weighted by Gasteiger charge is 2.20. The number of nitrogens with one attached hydrogen (secondary N) is 1. The molecule has 0 spiro atoms. The van der Waals surface area contributed by atoms with Crippen molar-refractivity contribution in [3.8, 4) is 0 Å². The molecule has 2 rings (SSSR count). The molecule has 0 aromatic carbocycles. The Morgan fingerprint density at radius 3 is 3.20 bits per heavy atom. The number of aromatic nitrogens is 4. The highest BCUT2D eigenvalue weighted by atomic mass is 16.5. The minimum Gasteiger partial charge on any atom is -0.381 e. The summed E-state index contributed by atoms with van der Waals surface area (Å²) in [5.41, 5.74) is 0. The molecule has 1 aromatic rings. The normalized spacial score (nSPS) is 25.4. The summed E-state index contributed by atoms with van der Waals surface area (Å²) in [6, 6.07) is 0. The smallest absolute Gasteiger partial charge is 0.180 e. The lowest BCUT2D eigenvalue weighted by atomic mass is 10.1. The lowest BCUT2D eigenvalue weighted by Gasteiger charge is -1.96. The molecule has 1 aromatic heterocycles. The van der Waals surface area contributed by atoms with Crippen molar-refractivity contribution in [1.82, 2.24) is 20.6 Å². The van der Waals surface area contributed by atoms with Crippen molar-refractivity contribution in [3.63, 3.8) is 0 Å². The van der Waals surface area contributed by atoms with Gasteiger partial charge in [-0.2, -0.15) is 5.21 Å². The van der Waals surface area contributed by atoms with Gasteiger partial charge in [-0.25, -0.2) is 0 Å². The minimum absolute atomic E-state index is 0.360. The molecule has 0 amide bonds. The lowest BCUT2D eigenvalue weighted by molar-refractivity contribution is 0.193. The van der Waals surface area contributed by atoms with Crippen molar-refractivity contribution >= 4 is 0 Å². The number of tetrazole rings is 1. The maximum Gasteiger partial charge on any atom is 0.180 e. The molecule has 54 valence electrons. The predicted octanol–water partition coefficient (Wildman–Crippen LogP) is -0.296. The Hall–Kier alpha value is -0.970. The van der Waals surface area contributed by atoms with Gasteiger partial charge in [0, 0.05) is 12.5 Å². The van der Waals surface area contributed by atoms with Crippen LogP contribution in [0.5, 0.6) is 0 Å². The van der Waals surface area contributed by atoms with Gasteiger partial charge in [0.05, 0.1) is 6.61 Å². The van der Waals surface area contributed by atoms with E-state index in [0.29, 0.717) is 5.92 Å². The fourth-order valence-corrected chi connectivity index (χ4v) is 1.08. The third kappa shape index (κ3) is 0.881. The number of aromatic amines is 1. The fraction of sp³-hybridized carbons (Fsp3) is 0.800. The van der Waals surface area contributed by atoms with Gasteiger partial charge in [0.2, 0.25) is 0 Å². The predicted molar refractivity (Wildman–Crippen MR) is 32.4 cm³/mol. The Morgan fingerprint density at radius 2 is 2.60 bits per heavy atom. The van der Waals surface area contributed by atoms with Gasteiger partial charge in [0.1, 0.15) is 0 Å². The molecular formula is C5H8N4O. The van der Waals surface area contributed by atoms with Crippen LogP contribution in [0.2, 0.25) is 0 Å². The van der Waals surface area contributed by atoms with E-state index in [1.165, 1.54) is 0 Å². The molecule has 1 atom stereocenters. The summed E-state index contributed by atoms with van der Waals surface area (Å²) in [6.07, 6.45) is 1.01. The van der Waals surface area contributed by atoms with Crippen LogP contribution < -0.4 is 0 Å². The zero-order valence-corrected chi connectivity index (χ0v) is 5.45. The molecule has 2 heterocycles. The van der Waals surface area contributed by atoms with E-state index >= 15 is 0 Å². The number of H-pyrrole nitrogens is 1. The van der Waals surface area contributed by atoms with Crippen LogP contribution >= 0.6 is 0 Å².